The Hall–Kier alpha value is -3.50. The van der Waals surface area contributed by atoms with Gasteiger partial charge in [-0.1, -0.05) is 29.8 Å². The van der Waals surface area contributed by atoms with Gasteiger partial charge in [0.15, 0.2) is 12.1 Å². The quantitative estimate of drug-likeness (QED) is 0.162. The van der Waals surface area contributed by atoms with Crippen molar-refractivity contribution in [3.8, 4) is 11.5 Å². The molecule has 0 saturated carbocycles. The fraction of sp³-hybridized carbons (Fsp3) is 0.367. The van der Waals surface area contributed by atoms with Crippen molar-refractivity contribution in [1.82, 2.24) is 19.9 Å². The van der Waals surface area contributed by atoms with Gasteiger partial charge < -0.3 is 29.4 Å². The Balaban J connectivity index is 1.25. The second-order valence-electron chi connectivity index (χ2n) is 9.84. The summed E-state index contributed by atoms with van der Waals surface area (Å²) in [7, 11) is 3.34. The number of ether oxygens (including phenoxy) is 3. The molecule has 4 aromatic rings. The molecule has 9 nitrogen and oxygen atoms in total. The third kappa shape index (κ3) is 6.62. The first-order valence-electron chi connectivity index (χ1n) is 13.5. The van der Waals surface area contributed by atoms with Crippen molar-refractivity contribution in [1.29, 1.82) is 0 Å². The number of methoxy groups -OCH3 is 2. The normalized spacial score (nSPS) is 14.6. The molecule has 40 heavy (non-hydrogen) atoms. The number of para-hydroxylation sites is 1. The number of carbonyl (C=O) groups excluding carboxylic acids is 1. The van der Waals surface area contributed by atoms with E-state index in [1.54, 1.807) is 38.6 Å². The maximum atomic E-state index is 13.6. The highest BCUT2D eigenvalue weighted by Crippen LogP contribution is 2.32. The number of likely N-dealkylation sites (tertiary alicyclic amines) is 1. The first-order valence-corrected chi connectivity index (χ1v) is 13.9. The Bertz CT molecular complexity index is 1420. The fourth-order valence-corrected chi connectivity index (χ4v) is 5.33. The predicted molar refractivity (Wildman–Crippen MR) is 155 cm³/mol. The molecule has 0 bridgehead atoms. The van der Waals surface area contributed by atoms with Gasteiger partial charge >= 0.3 is 0 Å². The number of ketones is 1. The minimum absolute atomic E-state index is 0.145. The molecule has 3 heterocycles. The molecular weight excluding hydrogens is 530 g/mol. The Kier molecular flexibility index (Phi) is 9.28. The van der Waals surface area contributed by atoms with E-state index < -0.39 is 0 Å². The first kappa shape index (κ1) is 28.0. The third-order valence-corrected chi connectivity index (χ3v) is 7.56. The lowest BCUT2D eigenvalue weighted by molar-refractivity contribution is -0.107. The van der Waals surface area contributed by atoms with E-state index in [0.717, 1.165) is 45.3 Å². The van der Waals surface area contributed by atoms with Crippen LogP contribution in [0.5, 0.6) is 11.5 Å². The van der Waals surface area contributed by atoms with Gasteiger partial charge in [0.1, 0.15) is 29.3 Å². The topological polar surface area (TPSA) is 102 Å². The van der Waals surface area contributed by atoms with E-state index in [9.17, 15) is 4.79 Å². The first-order chi connectivity index (χ1) is 19.6. The number of rotatable bonds is 12. The number of nitrogens with one attached hydrogen (secondary N) is 2. The number of anilines is 1. The van der Waals surface area contributed by atoms with Gasteiger partial charge in [-0.2, -0.15) is 0 Å². The summed E-state index contributed by atoms with van der Waals surface area (Å²) in [6, 6.07) is 14.8. The summed E-state index contributed by atoms with van der Waals surface area (Å²) in [5, 5.41) is 4.56. The second kappa shape index (κ2) is 13.2. The fourth-order valence-electron chi connectivity index (χ4n) is 5.07. The molecule has 10 heteroatoms. The lowest BCUT2D eigenvalue weighted by Gasteiger charge is -2.32. The molecule has 0 radical (unpaired) electrons. The van der Waals surface area contributed by atoms with E-state index in [4.69, 9.17) is 25.8 Å². The van der Waals surface area contributed by atoms with Gasteiger partial charge in [0, 0.05) is 51.2 Å². The second-order valence-corrected chi connectivity index (χ2v) is 10.2. The van der Waals surface area contributed by atoms with Crippen molar-refractivity contribution in [3.63, 3.8) is 0 Å². The van der Waals surface area contributed by atoms with Gasteiger partial charge in [0.2, 0.25) is 0 Å². The number of hydrogen-bond donors (Lipinski definition) is 2. The zero-order valence-electron chi connectivity index (χ0n) is 22.7. The van der Waals surface area contributed by atoms with Crippen LogP contribution in [0.3, 0.4) is 0 Å². The monoisotopic (exact) mass is 563 g/mol. The number of benzene rings is 2. The number of hydrogen-bond acceptors (Lipinski definition) is 8. The summed E-state index contributed by atoms with van der Waals surface area (Å²) >= 11 is 6.56. The van der Waals surface area contributed by atoms with Gasteiger partial charge in [-0.05, 0) is 56.5 Å². The standard InChI is InChI=1S/C30H34ClN5O4/c1-38-26(39-2)9-6-14-36-15-12-20(13-16-36)35-30-27-24(18-32-29(27)33-19-34-30)28(37)23-11-10-22(17-25(23)31)40-21-7-4-3-5-8-21/h3-5,7-8,10-11,17-20,26H,6,9,12-16H2,1-2H3,(H2,32,33,34,35). The molecule has 5 rings (SSSR count). The van der Waals surface area contributed by atoms with Crippen LogP contribution in [0.2, 0.25) is 5.02 Å². The number of H-pyrrole nitrogens is 1. The number of aromatic amines is 1. The molecule has 0 atom stereocenters. The Labute approximate surface area is 238 Å². The molecule has 1 aliphatic rings. The van der Waals surface area contributed by atoms with Crippen LogP contribution in [0, 0.1) is 0 Å². The maximum Gasteiger partial charge on any atom is 0.196 e. The summed E-state index contributed by atoms with van der Waals surface area (Å²) in [4.78, 5) is 28.1. The molecule has 0 spiro atoms. The average Bonchev–Trinajstić information content (AvgIpc) is 3.42. The zero-order chi connectivity index (χ0) is 27.9. The van der Waals surface area contributed by atoms with Gasteiger partial charge in [-0.15, -0.1) is 0 Å². The molecule has 1 fully saturated rings. The Morgan fingerprint density at radius 2 is 1.85 bits per heavy atom. The molecule has 2 N–H and O–H groups in total. The molecule has 0 unspecified atom stereocenters. The zero-order valence-corrected chi connectivity index (χ0v) is 23.5. The number of piperidine rings is 1. The van der Waals surface area contributed by atoms with Crippen LogP contribution < -0.4 is 10.1 Å². The van der Waals surface area contributed by atoms with Crippen molar-refractivity contribution in [2.45, 2.75) is 38.0 Å². The third-order valence-electron chi connectivity index (χ3n) is 7.25. The van der Waals surface area contributed by atoms with Gasteiger partial charge in [0.05, 0.1) is 16.0 Å². The molecule has 0 aliphatic carbocycles. The number of nitrogens with zero attached hydrogens (tertiary/aromatic N) is 3. The minimum atomic E-state index is -0.208. The SMILES string of the molecule is COC(CCCN1CCC(Nc2ncnc3[nH]cc(C(=O)c4ccc(Oc5ccccc5)cc4Cl)c23)CC1)OC. The maximum absolute atomic E-state index is 13.6. The van der Waals surface area contributed by atoms with Crippen LogP contribution in [0.25, 0.3) is 11.0 Å². The van der Waals surface area contributed by atoms with Crippen molar-refractivity contribution >= 4 is 34.2 Å². The van der Waals surface area contributed by atoms with Crippen molar-refractivity contribution in [2.24, 2.45) is 0 Å². The summed E-state index contributed by atoms with van der Waals surface area (Å²) in [5.74, 6) is 1.69. The van der Waals surface area contributed by atoms with Gasteiger partial charge in [-0.25, -0.2) is 9.97 Å². The van der Waals surface area contributed by atoms with Crippen LogP contribution in [-0.4, -0.2) is 71.8 Å². The van der Waals surface area contributed by atoms with Gasteiger partial charge in [0.25, 0.3) is 0 Å². The smallest absolute Gasteiger partial charge is 0.196 e. The van der Waals surface area contributed by atoms with E-state index in [1.807, 2.05) is 30.3 Å². The van der Waals surface area contributed by atoms with E-state index in [1.165, 1.54) is 6.33 Å². The molecule has 210 valence electrons. The number of fused-ring (bicyclic) bond motifs is 1. The highest BCUT2D eigenvalue weighted by molar-refractivity contribution is 6.35. The van der Waals surface area contributed by atoms with Crippen molar-refractivity contribution in [3.05, 3.63) is 77.2 Å². The summed E-state index contributed by atoms with van der Waals surface area (Å²) in [6.45, 7) is 2.99. The lowest BCUT2D eigenvalue weighted by atomic mass is 10.0. The van der Waals surface area contributed by atoms with Crippen LogP contribution >= 0.6 is 11.6 Å². The predicted octanol–water partition coefficient (Wildman–Crippen LogP) is 5.91. The molecular formula is C30H34ClN5O4. The Morgan fingerprint density at radius 3 is 2.58 bits per heavy atom. The number of halogens is 1. The number of aromatic nitrogens is 3. The molecule has 2 aromatic carbocycles. The van der Waals surface area contributed by atoms with Crippen LogP contribution in [-0.2, 0) is 9.47 Å². The lowest BCUT2D eigenvalue weighted by Crippen LogP contribution is -2.39. The Morgan fingerprint density at radius 1 is 1.07 bits per heavy atom. The van der Waals surface area contributed by atoms with E-state index >= 15 is 0 Å². The van der Waals surface area contributed by atoms with E-state index in [2.05, 4.69) is 25.2 Å². The van der Waals surface area contributed by atoms with Crippen LogP contribution in [0.4, 0.5) is 5.82 Å². The molecule has 0 amide bonds. The highest BCUT2D eigenvalue weighted by atomic mass is 35.5. The van der Waals surface area contributed by atoms with Crippen molar-refractivity contribution < 1.29 is 19.0 Å². The molecule has 1 saturated heterocycles. The minimum Gasteiger partial charge on any atom is -0.457 e. The van der Waals surface area contributed by atoms with Crippen molar-refractivity contribution in [2.75, 3.05) is 39.2 Å². The van der Waals surface area contributed by atoms with E-state index in [-0.39, 0.29) is 18.1 Å². The average molecular weight is 564 g/mol. The molecule has 2 aromatic heterocycles. The summed E-state index contributed by atoms with van der Waals surface area (Å²) < 4.78 is 16.4. The van der Waals surface area contributed by atoms with Crippen LogP contribution in [0.15, 0.2) is 61.1 Å². The summed E-state index contributed by atoms with van der Waals surface area (Å²) in [5.41, 5.74) is 1.46. The van der Waals surface area contributed by atoms with E-state index in [0.29, 0.717) is 44.5 Å². The highest BCUT2D eigenvalue weighted by Gasteiger charge is 2.24. The van der Waals surface area contributed by atoms with Crippen LogP contribution in [0.1, 0.15) is 41.6 Å². The largest absolute Gasteiger partial charge is 0.457 e. The molecule has 1 aliphatic heterocycles. The summed E-state index contributed by atoms with van der Waals surface area (Å²) in [6.07, 6.45) is 6.89. The number of carbonyl (C=O) groups is 1. The van der Waals surface area contributed by atoms with Gasteiger partial charge in [-0.3, -0.25) is 4.79 Å².